The minimum atomic E-state index is -0.196. The van der Waals surface area contributed by atoms with Gasteiger partial charge in [-0.1, -0.05) is 58.7 Å². The predicted molar refractivity (Wildman–Crippen MR) is 99.0 cm³/mol. The lowest BCUT2D eigenvalue weighted by atomic mass is 10.1. The highest BCUT2D eigenvalue weighted by Gasteiger charge is 2.13. The second kappa shape index (κ2) is 8.14. The van der Waals surface area contributed by atoms with E-state index in [-0.39, 0.29) is 6.10 Å². The second-order valence-electron chi connectivity index (χ2n) is 5.41. The van der Waals surface area contributed by atoms with Crippen LogP contribution < -0.4 is 0 Å². The lowest BCUT2D eigenvalue weighted by Gasteiger charge is -2.13. The van der Waals surface area contributed by atoms with Crippen molar-refractivity contribution in [2.75, 3.05) is 0 Å². The highest BCUT2D eigenvalue weighted by molar-refractivity contribution is 6.37. The maximum Gasteiger partial charge on any atom is 0.149 e. The monoisotopic (exact) mass is 374 g/mol. The van der Waals surface area contributed by atoms with E-state index in [1.807, 2.05) is 43.3 Å². The minimum absolute atomic E-state index is 0.196. The molecule has 0 fully saturated rings. The van der Waals surface area contributed by atoms with Gasteiger partial charge in [0.1, 0.15) is 24.5 Å². The van der Waals surface area contributed by atoms with E-state index in [1.165, 1.54) is 6.33 Å². The smallest absolute Gasteiger partial charge is 0.149 e. The van der Waals surface area contributed by atoms with Gasteiger partial charge in [-0.2, -0.15) is 5.10 Å². The predicted octanol–water partition coefficient (Wildman–Crippen LogP) is 4.77. The van der Waals surface area contributed by atoms with Crippen LogP contribution >= 0.6 is 23.2 Å². The van der Waals surface area contributed by atoms with Crippen LogP contribution in [0.25, 0.3) is 0 Å². The van der Waals surface area contributed by atoms with E-state index in [9.17, 15) is 0 Å². The molecular weight excluding hydrogens is 359 g/mol. The summed E-state index contributed by atoms with van der Waals surface area (Å²) in [5, 5.41) is 9.51. The van der Waals surface area contributed by atoms with Crippen LogP contribution in [0, 0.1) is 0 Å². The molecule has 0 N–H and O–H groups in total. The highest BCUT2D eigenvalue weighted by atomic mass is 35.5. The number of hydrogen-bond donors (Lipinski definition) is 0. The molecule has 0 aliphatic carbocycles. The second-order valence-corrected chi connectivity index (χ2v) is 6.26. The Kier molecular flexibility index (Phi) is 5.68. The number of aromatic nitrogens is 3. The molecule has 0 bridgehead atoms. The Morgan fingerprint density at radius 1 is 1.20 bits per heavy atom. The van der Waals surface area contributed by atoms with Crippen molar-refractivity contribution in [1.29, 1.82) is 0 Å². The van der Waals surface area contributed by atoms with E-state index in [2.05, 4.69) is 15.2 Å². The number of benzene rings is 2. The molecule has 3 rings (SSSR count). The van der Waals surface area contributed by atoms with Crippen molar-refractivity contribution in [3.63, 3.8) is 0 Å². The van der Waals surface area contributed by atoms with Gasteiger partial charge in [-0.3, -0.25) is 0 Å². The zero-order valence-electron chi connectivity index (χ0n) is 13.5. The van der Waals surface area contributed by atoms with Gasteiger partial charge >= 0.3 is 0 Å². The molecule has 0 saturated heterocycles. The maximum absolute atomic E-state index is 6.33. The van der Waals surface area contributed by atoms with Crippen LogP contribution in [0.15, 0.2) is 66.3 Å². The molecule has 25 heavy (non-hydrogen) atoms. The summed E-state index contributed by atoms with van der Waals surface area (Å²) in [6.45, 7) is 2.32. The molecular formula is C18H16Cl2N4O. The fourth-order valence-corrected chi connectivity index (χ4v) is 2.80. The van der Waals surface area contributed by atoms with Crippen molar-refractivity contribution < 1.29 is 4.84 Å². The lowest BCUT2D eigenvalue weighted by molar-refractivity contribution is 0.0718. The molecule has 5 nitrogen and oxygen atoms in total. The molecule has 128 valence electrons. The minimum Gasteiger partial charge on any atom is -0.388 e. The molecule has 0 amide bonds. The molecule has 1 unspecified atom stereocenters. The van der Waals surface area contributed by atoms with Crippen LogP contribution in [-0.4, -0.2) is 20.5 Å². The van der Waals surface area contributed by atoms with Gasteiger partial charge in [-0.05, 0) is 30.7 Å². The first-order valence-corrected chi connectivity index (χ1v) is 8.44. The first kappa shape index (κ1) is 17.5. The van der Waals surface area contributed by atoms with Crippen LogP contribution in [0.2, 0.25) is 10.0 Å². The largest absolute Gasteiger partial charge is 0.388 e. The lowest BCUT2D eigenvalue weighted by Crippen LogP contribution is -2.14. The number of hydrogen-bond acceptors (Lipinski definition) is 4. The Morgan fingerprint density at radius 2 is 2.00 bits per heavy atom. The third-order valence-electron chi connectivity index (χ3n) is 3.61. The number of nitrogens with zero attached hydrogens (tertiary/aromatic N) is 4. The summed E-state index contributed by atoms with van der Waals surface area (Å²) in [4.78, 5) is 9.66. The van der Waals surface area contributed by atoms with Crippen molar-refractivity contribution >= 4 is 28.9 Å². The third-order valence-corrected chi connectivity index (χ3v) is 4.16. The van der Waals surface area contributed by atoms with E-state index in [4.69, 9.17) is 28.0 Å². The number of halogens is 2. The molecule has 3 aromatic rings. The first-order chi connectivity index (χ1) is 12.1. The molecule has 1 atom stereocenters. The summed E-state index contributed by atoms with van der Waals surface area (Å²) in [5.74, 6) is 0. The first-order valence-electron chi connectivity index (χ1n) is 7.69. The van der Waals surface area contributed by atoms with Gasteiger partial charge in [0.25, 0.3) is 0 Å². The normalized spacial score (nSPS) is 12.8. The van der Waals surface area contributed by atoms with Gasteiger partial charge in [0.05, 0.1) is 11.6 Å². The molecule has 0 aliphatic rings. The van der Waals surface area contributed by atoms with Crippen molar-refractivity contribution in [3.8, 4) is 0 Å². The zero-order chi connectivity index (χ0) is 17.6. The van der Waals surface area contributed by atoms with Crippen LogP contribution in [0.4, 0.5) is 0 Å². The Labute approximate surface area is 155 Å². The average molecular weight is 375 g/mol. The molecule has 0 aliphatic heterocycles. The average Bonchev–Trinajstić information content (AvgIpc) is 3.12. The Hall–Kier alpha value is -2.37. The van der Waals surface area contributed by atoms with Crippen LogP contribution in [0.3, 0.4) is 0 Å². The van der Waals surface area contributed by atoms with Crippen molar-refractivity contribution in [1.82, 2.24) is 14.8 Å². The summed E-state index contributed by atoms with van der Waals surface area (Å²) in [5.41, 5.74) is 2.41. The number of oxime groups is 1. The van der Waals surface area contributed by atoms with Gasteiger partial charge in [0.2, 0.25) is 0 Å². The molecule has 0 saturated carbocycles. The summed E-state index contributed by atoms with van der Waals surface area (Å²) < 4.78 is 1.65. The van der Waals surface area contributed by atoms with Gasteiger partial charge in [0.15, 0.2) is 0 Å². The summed E-state index contributed by atoms with van der Waals surface area (Å²) in [6.07, 6.45) is 2.88. The fraction of sp³-hybridized carbons (Fsp3) is 0.167. The van der Waals surface area contributed by atoms with Gasteiger partial charge in [0, 0.05) is 10.6 Å². The molecule has 2 aromatic carbocycles. The van der Waals surface area contributed by atoms with E-state index < -0.39 is 0 Å². The van der Waals surface area contributed by atoms with Gasteiger partial charge in [-0.25, -0.2) is 9.67 Å². The molecule has 0 spiro atoms. The maximum atomic E-state index is 6.33. The summed E-state index contributed by atoms with van der Waals surface area (Å²) in [7, 11) is 0. The van der Waals surface area contributed by atoms with Gasteiger partial charge < -0.3 is 4.84 Å². The topological polar surface area (TPSA) is 52.3 Å². The van der Waals surface area contributed by atoms with Crippen molar-refractivity contribution in [2.24, 2.45) is 5.16 Å². The Bertz CT molecular complexity index is 851. The summed E-state index contributed by atoms with van der Waals surface area (Å²) >= 11 is 12.3. The van der Waals surface area contributed by atoms with Crippen LogP contribution in [0.5, 0.6) is 0 Å². The summed E-state index contributed by atoms with van der Waals surface area (Å²) in [6, 6.07) is 15.1. The van der Waals surface area contributed by atoms with Crippen molar-refractivity contribution in [3.05, 3.63) is 82.4 Å². The van der Waals surface area contributed by atoms with E-state index in [1.54, 1.807) is 23.1 Å². The van der Waals surface area contributed by atoms with Crippen molar-refractivity contribution in [2.45, 2.75) is 19.6 Å². The molecule has 1 aromatic heterocycles. The quantitative estimate of drug-likeness (QED) is 0.461. The van der Waals surface area contributed by atoms with E-state index in [0.29, 0.717) is 22.3 Å². The Balaban J connectivity index is 1.87. The van der Waals surface area contributed by atoms with E-state index in [0.717, 1.165) is 11.1 Å². The fourth-order valence-electron chi connectivity index (χ4n) is 2.28. The highest BCUT2D eigenvalue weighted by Crippen LogP contribution is 2.23. The third kappa shape index (κ3) is 4.59. The molecule has 0 radical (unpaired) electrons. The van der Waals surface area contributed by atoms with Crippen LogP contribution in [-0.2, 0) is 11.4 Å². The van der Waals surface area contributed by atoms with Gasteiger partial charge in [-0.15, -0.1) is 0 Å². The standard InChI is InChI=1S/C18H16Cl2N4O/c1-13(14-5-3-2-4-6-14)25-23-18(10-24-12-21-11-22-24)16-8-7-15(19)9-17(16)20/h2-9,11-13H,10H2,1H3. The molecule has 7 heteroatoms. The SMILES string of the molecule is CC(ON=C(Cn1cncn1)c1ccc(Cl)cc1Cl)c1ccccc1. The van der Waals surface area contributed by atoms with E-state index >= 15 is 0 Å². The molecule has 1 heterocycles. The number of rotatable bonds is 6. The Morgan fingerprint density at radius 3 is 2.68 bits per heavy atom. The van der Waals surface area contributed by atoms with Crippen LogP contribution in [0.1, 0.15) is 24.2 Å². The zero-order valence-corrected chi connectivity index (χ0v) is 15.0.